The zero-order chi connectivity index (χ0) is 23.3. The number of piperidine rings is 1. The Morgan fingerprint density at radius 3 is 2.55 bits per heavy atom. The molecule has 5 nitrogen and oxygen atoms in total. The Balaban J connectivity index is 2.11. The summed E-state index contributed by atoms with van der Waals surface area (Å²) in [6.45, 7) is 23.0. The summed E-state index contributed by atoms with van der Waals surface area (Å²) in [5, 5.41) is 3.32. The summed E-state index contributed by atoms with van der Waals surface area (Å²) in [5.41, 5.74) is 6.16. The van der Waals surface area contributed by atoms with E-state index in [2.05, 4.69) is 55.1 Å². The number of nitrogens with zero attached hydrogens (tertiary/aromatic N) is 2. The Labute approximate surface area is 188 Å². The van der Waals surface area contributed by atoms with Crippen LogP contribution in [0, 0.1) is 6.92 Å². The molecule has 0 aromatic heterocycles. The first-order valence-corrected chi connectivity index (χ1v) is 11.0. The Kier molecular flexibility index (Phi) is 7.99. The van der Waals surface area contributed by atoms with Crippen LogP contribution in [0.25, 0.3) is 0 Å². The van der Waals surface area contributed by atoms with Crippen molar-refractivity contribution in [1.82, 2.24) is 10.2 Å². The molecule has 0 spiro atoms. The fourth-order valence-corrected chi connectivity index (χ4v) is 3.92. The number of allylic oxidation sites excluding steroid dienone is 2. The molecule has 1 atom stereocenters. The van der Waals surface area contributed by atoms with Crippen LogP contribution in [-0.2, 0) is 11.2 Å². The smallest absolute Gasteiger partial charge is 0.410 e. The van der Waals surface area contributed by atoms with Crippen LogP contribution in [0.15, 0.2) is 55.0 Å². The molecule has 1 aliphatic heterocycles. The number of nitrogens with one attached hydrogen (secondary N) is 1. The maximum atomic E-state index is 12.2. The molecule has 1 aromatic carbocycles. The van der Waals surface area contributed by atoms with Crippen molar-refractivity contribution in [3.63, 3.8) is 0 Å². The van der Waals surface area contributed by atoms with Crippen molar-refractivity contribution < 1.29 is 9.53 Å². The van der Waals surface area contributed by atoms with Gasteiger partial charge in [-0.3, -0.25) is 0 Å². The quantitative estimate of drug-likeness (QED) is 0.589. The van der Waals surface area contributed by atoms with Gasteiger partial charge >= 0.3 is 6.09 Å². The van der Waals surface area contributed by atoms with Crippen molar-refractivity contribution in [2.24, 2.45) is 0 Å². The van der Waals surface area contributed by atoms with Gasteiger partial charge in [-0.2, -0.15) is 0 Å². The molecule has 1 aliphatic rings. The standard InChI is InChI=1S/C26H39N3O2/c1-18(2)29(24-16-15-19(3)27-21(24)5)23-14-10-12-22(20(23)4)13-11-17-28(9)25(30)31-26(6,7)8/h10,12,14,24,27H,1,3,5,11,13,15-17H2,2,4,6-9H3. The molecule has 0 aliphatic carbocycles. The van der Waals surface area contributed by atoms with Crippen molar-refractivity contribution in [3.05, 3.63) is 66.2 Å². The highest BCUT2D eigenvalue weighted by Crippen LogP contribution is 2.33. The van der Waals surface area contributed by atoms with E-state index >= 15 is 0 Å². The molecule has 1 unspecified atom stereocenters. The van der Waals surface area contributed by atoms with E-state index in [1.807, 2.05) is 27.7 Å². The molecule has 31 heavy (non-hydrogen) atoms. The van der Waals surface area contributed by atoms with Gasteiger partial charge < -0.3 is 19.9 Å². The first-order chi connectivity index (χ1) is 14.4. The highest BCUT2D eigenvalue weighted by atomic mass is 16.6. The maximum absolute atomic E-state index is 12.2. The number of hydrogen-bond donors (Lipinski definition) is 1. The fourth-order valence-electron chi connectivity index (χ4n) is 3.92. The molecular formula is C26H39N3O2. The molecule has 5 heteroatoms. The Bertz CT molecular complexity index is 851. The predicted molar refractivity (Wildman–Crippen MR) is 130 cm³/mol. The van der Waals surface area contributed by atoms with Gasteiger partial charge in [-0.25, -0.2) is 4.79 Å². The van der Waals surface area contributed by atoms with Crippen LogP contribution in [0.3, 0.4) is 0 Å². The molecule has 1 amide bonds. The number of hydrogen-bond acceptors (Lipinski definition) is 4. The molecule has 0 radical (unpaired) electrons. The Morgan fingerprint density at radius 1 is 1.29 bits per heavy atom. The summed E-state index contributed by atoms with van der Waals surface area (Å²) in [5.74, 6) is 0. The number of amides is 1. The molecule has 1 aromatic rings. The SMILES string of the molecule is C=C1CCC(N(C(=C)C)c2cccc(CCCN(C)C(=O)OC(C)(C)C)c2C)C(=C)N1. The number of ether oxygens (including phenoxy) is 1. The minimum atomic E-state index is -0.480. The second kappa shape index (κ2) is 10.1. The topological polar surface area (TPSA) is 44.8 Å². The van der Waals surface area contributed by atoms with Crippen LogP contribution < -0.4 is 10.2 Å². The summed E-state index contributed by atoms with van der Waals surface area (Å²) in [7, 11) is 1.79. The lowest BCUT2D eigenvalue weighted by Gasteiger charge is -2.39. The van der Waals surface area contributed by atoms with Crippen molar-refractivity contribution >= 4 is 11.8 Å². The molecule has 0 saturated carbocycles. The largest absolute Gasteiger partial charge is 0.444 e. The van der Waals surface area contributed by atoms with Gasteiger partial charge in [-0.15, -0.1) is 0 Å². The lowest BCUT2D eigenvalue weighted by molar-refractivity contribution is 0.0297. The van der Waals surface area contributed by atoms with Crippen molar-refractivity contribution in [1.29, 1.82) is 0 Å². The maximum Gasteiger partial charge on any atom is 0.410 e. The third kappa shape index (κ3) is 6.65. The molecule has 1 heterocycles. The average molecular weight is 426 g/mol. The lowest BCUT2D eigenvalue weighted by Crippen LogP contribution is -2.42. The molecular weight excluding hydrogens is 386 g/mol. The minimum absolute atomic E-state index is 0.148. The number of carbonyl (C=O) groups is 1. The summed E-state index contributed by atoms with van der Waals surface area (Å²) in [6, 6.07) is 6.56. The van der Waals surface area contributed by atoms with Gasteiger partial charge in [0.25, 0.3) is 0 Å². The molecule has 1 saturated heterocycles. The lowest BCUT2D eigenvalue weighted by atomic mass is 9.96. The van der Waals surface area contributed by atoms with E-state index in [1.165, 1.54) is 11.1 Å². The average Bonchev–Trinajstić information content (AvgIpc) is 2.64. The van der Waals surface area contributed by atoms with E-state index in [9.17, 15) is 4.79 Å². The van der Waals surface area contributed by atoms with Gasteiger partial charge in [0.2, 0.25) is 0 Å². The van der Waals surface area contributed by atoms with E-state index in [1.54, 1.807) is 11.9 Å². The second-order valence-electron chi connectivity index (χ2n) is 9.48. The van der Waals surface area contributed by atoms with E-state index < -0.39 is 5.60 Å². The van der Waals surface area contributed by atoms with E-state index in [4.69, 9.17) is 4.74 Å². The first-order valence-electron chi connectivity index (χ1n) is 11.0. The number of benzene rings is 1. The van der Waals surface area contributed by atoms with Gasteiger partial charge in [-0.05, 0) is 77.5 Å². The van der Waals surface area contributed by atoms with Gasteiger partial charge in [0.05, 0.1) is 6.04 Å². The van der Waals surface area contributed by atoms with Crippen LogP contribution >= 0.6 is 0 Å². The van der Waals surface area contributed by atoms with Crippen LogP contribution in [0.5, 0.6) is 0 Å². The number of rotatable bonds is 7. The first kappa shape index (κ1) is 24.6. The van der Waals surface area contributed by atoms with Gasteiger partial charge in [0.1, 0.15) is 5.60 Å². The number of carbonyl (C=O) groups excluding carboxylic acids is 1. The zero-order valence-electron chi connectivity index (χ0n) is 20.2. The minimum Gasteiger partial charge on any atom is -0.444 e. The van der Waals surface area contributed by atoms with Crippen molar-refractivity contribution in [2.75, 3.05) is 18.5 Å². The van der Waals surface area contributed by atoms with Crippen LogP contribution in [0.1, 0.15) is 58.1 Å². The number of aryl methyl sites for hydroxylation is 1. The molecule has 0 bridgehead atoms. The van der Waals surface area contributed by atoms with Crippen molar-refractivity contribution in [2.45, 2.75) is 71.9 Å². The fraction of sp³-hybridized carbons (Fsp3) is 0.500. The van der Waals surface area contributed by atoms with E-state index in [0.29, 0.717) is 6.54 Å². The Hall–Kier alpha value is -2.69. The zero-order valence-corrected chi connectivity index (χ0v) is 20.2. The van der Waals surface area contributed by atoms with Gasteiger partial charge in [0.15, 0.2) is 0 Å². The normalized spacial score (nSPS) is 16.5. The highest BCUT2D eigenvalue weighted by molar-refractivity contribution is 5.67. The van der Waals surface area contributed by atoms with Crippen LogP contribution in [0.2, 0.25) is 0 Å². The summed E-state index contributed by atoms with van der Waals surface area (Å²) in [6.07, 6.45) is 3.35. The molecule has 1 fully saturated rings. The highest BCUT2D eigenvalue weighted by Gasteiger charge is 2.27. The third-order valence-corrected chi connectivity index (χ3v) is 5.50. The van der Waals surface area contributed by atoms with Crippen molar-refractivity contribution in [3.8, 4) is 0 Å². The summed E-state index contributed by atoms with van der Waals surface area (Å²) in [4.78, 5) is 16.1. The Morgan fingerprint density at radius 2 is 1.97 bits per heavy atom. The van der Waals surface area contributed by atoms with Gasteiger partial charge in [-0.1, -0.05) is 31.9 Å². The molecule has 170 valence electrons. The van der Waals surface area contributed by atoms with Crippen LogP contribution in [-0.4, -0.2) is 36.2 Å². The van der Waals surface area contributed by atoms with Crippen LogP contribution in [0.4, 0.5) is 10.5 Å². The third-order valence-electron chi connectivity index (χ3n) is 5.50. The van der Waals surface area contributed by atoms with E-state index in [-0.39, 0.29) is 12.1 Å². The predicted octanol–water partition coefficient (Wildman–Crippen LogP) is 5.91. The molecule has 1 N–H and O–H groups in total. The second-order valence-corrected chi connectivity index (χ2v) is 9.48. The summed E-state index contributed by atoms with van der Waals surface area (Å²) < 4.78 is 5.44. The van der Waals surface area contributed by atoms with E-state index in [0.717, 1.165) is 48.5 Å². The number of anilines is 1. The van der Waals surface area contributed by atoms with Gasteiger partial charge in [0, 0.05) is 36.4 Å². The molecule has 2 rings (SSSR count). The summed E-state index contributed by atoms with van der Waals surface area (Å²) >= 11 is 0. The monoisotopic (exact) mass is 425 g/mol.